The monoisotopic (exact) mass is 412 g/mol. The van der Waals surface area contributed by atoms with Crippen LogP contribution in [-0.2, 0) is 4.79 Å². The zero-order chi connectivity index (χ0) is 18.0. The first-order chi connectivity index (χ1) is 11.3. The normalized spacial score (nSPS) is 17.7. The molecule has 1 aliphatic rings. The number of ketones is 1. The molecule has 1 heterocycles. The Labute approximate surface area is 156 Å². The van der Waals surface area contributed by atoms with Crippen molar-refractivity contribution in [3.8, 4) is 11.5 Å². The minimum Gasteiger partial charge on any atom is -0.492 e. The van der Waals surface area contributed by atoms with Crippen LogP contribution in [0, 0.1) is 0 Å². The SMILES string of the molecule is CCOc1cc(C2NC(=S)N(C)C(C)=C2C(C)=O)cc(Br)c1OC. The molecular formula is C17H21BrN2O3S. The third-order valence-corrected chi connectivity index (χ3v) is 4.98. The van der Waals surface area contributed by atoms with Gasteiger partial charge in [-0.1, -0.05) is 0 Å². The number of nitrogens with one attached hydrogen (secondary N) is 1. The van der Waals surface area contributed by atoms with Gasteiger partial charge >= 0.3 is 0 Å². The third-order valence-electron chi connectivity index (χ3n) is 4.00. The summed E-state index contributed by atoms with van der Waals surface area (Å²) in [5.74, 6) is 1.25. The van der Waals surface area contributed by atoms with Gasteiger partial charge in [-0.25, -0.2) is 0 Å². The number of carbonyl (C=O) groups excluding carboxylic acids is 1. The minimum absolute atomic E-state index is 0.00394. The molecule has 0 aromatic heterocycles. The van der Waals surface area contributed by atoms with Crippen molar-refractivity contribution >= 4 is 39.0 Å². The van der Waals surface area contributed by atoms with Gasteiger partial charge in [0.05, 0.1) is 24.2 Å². The summed E-state index contributed by atoms with van der Waals surface area (Å²) in [6.07, 6.45) is 0. The molecule has 0 bridgehead atoms. The number of halogens is 1. The lowest BCUT2D eigenvalue weighted by Gasteiger charge is -2.35. The summed E-state index contributed by atoms with van der Waals surface area (Å²) in [6, 6.07) is 3.48. The van der Waals surface area contributed by atoms with Crippen LogP contribution < -0.4 is 14.8 Å². The van der Waals surface area contributed by atoms with Crippen molar-refractivity contribution in [1.29, 1.82) is 0 Å². The average Bonchev–Trinajstić information content (AvgIpc) is 2.51. The Morgan fingerprint density at radius 1 is 1.46 bits per heavy atom. The van der Waals surface area contributed by atoms with E-state index in [1.807, 2.05) is 37.9 Å². The van der Waals surface area contributed by atoms with E-state index in [0.717, 1.165) is 15.7 Å². The molecule has 0 radical (unpaired) electrons. The number of allylic oxidation sites excluding steroid dienone is 1. The maximum absolute atomic E-state index is 12.2. The fourth-order valence-corrected chi connectivity index (χ4v) is 3.63. The molecule has 1 aromatic rings. The predicted molar refractivity (Wildman–Crippen MR) is 101 cm³/mol. The average molecular weight is 413 g/mol. The molecule has 24 heavy (non-hydrogen) atoms. The lowest BCUT2D eigenvalue weighted by Crippen LogP contribution is -2.45. The van der Waals surface area contributed by atoms with E-state index in [1.165, 1.54) is 0 Å². The minimum atomic E-state index is -0.326. The maximum Gasteiger partial charge on any atom is 0.174 e. The summed E-state index contributed by atoms with van der Waals surface area (Å²) in [4.78, 5) is 14.0. The number of nitrogens with zero attached hydrogens (tertiary/aromatic N) is 1. The molecule has 0 amide bonds. The Balaban J connectivity index is 2.61. The number of carbonyl (C=O) groups is 1. The molecule has 1 aliphatic heterocycles. The van der Waals surface area contributed by atoms with E-state index in [0.29, 0.717) is 28.8 Å². The van der Waals surface area contributed by atoms with Crippen molar-refractivity contribution in [2.45, 2.75) is 26.8 Å². The van der Waals surface area contributed by atoms with Crippen LogP contribution in [0.25, 0.3) is 0 Å². The first-order valence-electron chi connectivity index (χ1n) is 7.57. The predicted octanol–water partition coefficient (Wildman–Crippen LogP) is 3.58. The summed E-state index contributed by atoms with van der Waals surface area (Å²) >= 11 is 8.91. The second kappa shape index (κ2) is 7.53. The summed E-state index contributed by atoms with van der Waals surface area (Å²) in [5.41, 5.74) is 2.41. The van der Waals surface area contributed by atoms with Crippen LogP contribution in [-0.4, -0.2) is 36.6 Å². The number of thiocarbonyl (C=S) groups is 1. The Kier molecular flexibility index (Phi) is 5.87. The number of benzene rings is 1. The first-order valence-corrected chi connectivity index (χ1v) is 8.78. The fourth-order valence-electron chi connectivity index (χ4n) is 2.76. The highest BCUT2D eigenvalue weighted by Gasteiger charge is 2.31. The zero-order valence-corrected chi connectivity index (χ0v) is 16.8. The van der Waals surface area contributed by atoms with E-state index in [4.69, 9.17) is 21.7 Å². The van der Waals surface area contributed by atoms with Crippen LogP contribution in [0.3, 0.4) is 0 Å². The number of Topliss-reactive ketones (excluding diaryl/α,β-unsaturated/α-hetero) is 1. The second-order valence-electron chi connectivity index (χ2n) is 5.46. The van der Waals surface area contributed by atoms with Gasteiger partial charge in [0, 0.05) is 18.3 Å². The molecule has 7 heteroatoms. The van der Waals surface area contributed by atoms with Crippen LogP contribution in [0.4, 0.5) is 0 Å². The largest absolute Gasteiger partial charge is 0.492 e. The molecule has 0 fully saturated rings. The molecule has 1 unspecified atom stereocenters. The fraction of sp³-hybridized carbons (Fsp3) is 0.412. The molecule has 1 N–H and O–H groups in total. The standard InChI is InChI=1S/C17H21BrN2O3S/c1-6-23-13-8-11(7-12(18)16(13)22-5)15-14(10(3)21)9(2)20(4)17(24)19-15/h7-8,15H,6H2,1-5H3,(H,19,24). The van der Waals surface area contributed by atoms with Gasteiger partial charge in [0.25, 0.3) is 0 Å². The smallest absolute Gasteiger partial charge is 0.174 e. The van der Waals surface area contributed by atoms with Crippen LogP contribution in [0.1, 0.15) is 32.4 Å². The molecule has 5 nitrogen and oxygen atoms in total. The van der Waals surface area contributed by atoms with E-state index in [-0.39, 0.29) is 11.8 Å². The molecular weight excluding hydrogens is 392 g/mol. The number of rotatable bonds is 5. The van der Waals surface area contributed by atoms with E-state index in [2.05, 4.69) is 21.2 Å². The van der Waals surface area contributed by atoms with Crippen molar-refractivity contribution in [3.05, 3.63) is 33.4 Å². The molecule has 0 spiro atoms. The van der Waals surface area contributed by atoms with Crippen molar-refractivity contribution in [2.75, 3.05) is 20.8 Å². The molecule has 130 valence electrons. The molecule has 0 aliphatic carbocycles. The highest BCUT2D eigenvalue weighted by atomic mass is 79.9. The summed E-state index contributed by atoms with van der Waals surface area (Å²) in [6.45, 7) is 5.89. The topological polar surface area (TPSA) is 50.8 Å². The highest BCUT2D eigenvalue weighted by Crippen LogP contribution is 2.40. The Bertz CT molecular complexity index is 718. The maximum atomic E-state index is 12.2. The Morgan fingerprint density at radius 3 is 2.67 bits per heavy atom. The van der Waals surface area contributed by atoms with E-state index < -0.39 is 0 Å². The van der Waals surface area contributed by atoms with E-state index >= 15 is 0 Å². The number of ether oxygens (including phenoxy) is 2. The first kappa shape index (κ1) is 18.7. The number of methoxy groups -OCH3 is 1. The van der Waals surface area contributed by atoms with Crippen molar-refractivity contribution < 1.29 is 14.3 Å². The lowest BCUT2D eigenvalue weighted by molar-refractivity contribution is -0.114. The van der Waals surface area contributed by atoms with Crippen LogP contribution in [0.5, 0.6) is 11.5 Å². The van der Waals surface area contributed by atoms with Crippen molar-refractivity contribution in [2.24, 2.45) is 0 Å². The Morgan fingerprint density at radius 2 is 2.12 bits per heavy atom. The summed E-state index contributed by atoms with van der Waals surface area (Å²) in [5, 5.41) is 3.82. The van der Waals surface area contributed by atoms with Crippen LogP contribution in [0.2, 0.25) is 0 Å². The quantitative estimate of drug-likeness (QED) is 0.745. The summed E-state index contributed by atoms with van der Waals surface area (Å²) in [7, 11) is 3.44. The van der Waals surface area contributed by atoms with Crippen LogP contribution >= 0.6 is 28.1 Å². The van der Waals surface area contributed by atoms with Gasteiger partial charge in [-0.2, -0.15) is 0 Å². The van der Waals surface area contributed by atoms with Crippen molar-refractivity contribution in [3.63, 3.8) is 0 Å². The number of hydrogen-bond acceptors (Lipinski definition) is 4. The van der Waals surface area contributed by atoms with Gasteiger partial charge in [0.1, 0.15) is 0 Å². The van der Waals surface area contributed by atoms with Crippen molar-refractivity contribution in [1.82, 2.24) is 10.2 Å². The van der Waals surface area contributed by atoms with Gasteiger partial charge in [-0.3, -0.25) is 4.79 Å². The van der Waals surface area contributed by atoms with Crippen LogP contribution in [0.15, 0.2) is 27.9 Å². The lowest BCUT2D eigenvalue weighted by atomic mass is 9.92. The van der Waals surface area contributed by atoms with Gasteiger partial charge in [-0.15, -0.1) is 0 Å². The molecule has 1 aromatic carbocycles. The van der Waals surface area contributed by atoms with Gasteiger partial charge in [0.2, 0.25) is 0 Å². The molecule has 0 saturated heterocycles. The van der Waals surface area contributed by atoms with Gasteiger partial charge in [-0.05, 0) is 66.6 Å². The molecule has 0 saturated carbocycles. The molecule has 2 rings (SSSR count). The van der Waals surface area contributed by atoms with E-state index in [9.17, 15) is 4.79 Å². The second-order valence-corrected chi connectivity index (χ2v) is 6.70. The van der Waals surface area contributed by atoms with E-state index in [1.54, 1.807) is 14.0 Å². The highest BCUT2D eigenvalue weighted by molar-refractivity contribution is 9.10. The Hall–Kier alpha value is -1.60. The van der Waals surface area contributed by atoms with Gasteiger partial charge in [0.15, 0.2) is 22.4 Å². The zero-order valence-electron chi connectivity index (χ0n) is 14.4. The number of hydrogen-bond donors (Lipinski definition) is 1. The molecule has 1 atom stereocenters. The third kappa shape index (κ3) is 3.42. The van der Waals surface area contributed by atoms with Gasteiger partial charge < -0.3 is 19.7 Å². The summed E-state index contributed by atoms with van der Waals surface area (Å²) < 4.78 is 11.8.